The second-order valence-electron chi connectivity index (χ2n) is 7.33. The summed E-state index contributed by atoms with van der Waals surface area (Å²) < 4.78 is 24.6. The number of carbonyl (C=O) groups excluding carboxylic acids is 1. The molecule has 5 nitrogen and oxygen atoms in total. The summed E-state index contributed by atoms with van der Waals surface area (Å²) in [4.78, 5) is 16.4. The van der Waals surface area contributed by atoms with Crippen LogP contribution in [0.5, 0.6) is 11.5 Å². The van der Waals surface area contributed by atoms with Crippen molar-refractivity contribution in [2.24, 2.45) is 0 Å². The van der Waals surface area contributed by atoms with E-state index in [1.54, 1.807) is 19.1 Å². The van der Waals surface area contributed by atoms with Crippen LogP contribution in [0.4, 0.5) is 4.39 Å². The lowest BCUT2D eigenvalue weighted by Crippen LogP contribution is -2.45. The number of nitrogens with zero attached hydrogens (tertiary/aromatic N) is 2. The van der Waals surface area contributed by atoms with Gasteiger partial charge in [0.25, 0.3) is 0 Å². The van der Waals surface area contributed by atoms with Crippen LogP contribution in [0.15, 0.2) is 36.4 Å². The van der Waals surface area contributed by atoms with Gasteiger partial charge in [0.1, 0.15) is 5.75 Å². The molecule has 0 aromatic heterocycles. The molecule has 0 saturated carbocycles. The first-order chi connectivity index (χ1) is 14.0. The molecule has 0 bridgehead atoms. The average Bonchev–Trinajstić information content (AvgIpc) is 2.71. The normalized spacial score (nSPS) is 15.3. The van der Waals surface area contributed by atoms with Crippen molar-refractivity contribution in [3.05, 3.63) is 58.9 Å². The zero-order valence-electron chi connectivity index (χ0n) is 17.4. The van der Waals surface area contributed by atoms with Crippen molar-refractivity contribution in [1.82, 2.24) is 9.80 Å². The molecular weight excluding hydrogens is 371 g/mol. The van der Waals surface area contributed by atoms with Crippen LogP contribution < -0.4 is 9.47 Å². The van der Waals surface area contributed by atoms with Crippen LogP contribution in [0, 0.1) is 5.82 Å². The van der Waals surface area contributed by atoms with E-state index in [1.807, 2.05) is 31.2 Å². The minimum atomic E-state index is -0.322. The van der Waals surface area contributed by atoms with E-state index in [-0.39, 0.29) is 17.3 Å². The topological polar surface area (TPSA) is 42.0 Å². The predicted octanol–water partition coefficient (Wildman–Crippen LogP) is 3.75. The molecule has 1 heterocycles. The summed E-state index contributed by atoms with van der Waals surface area (Å²) in [6.07, 6.45) is 0. The Hall–Kier alpha value is -2.44. The van der Waals surface area contributed by atoms with Gasteiger partial charge in [0.2, 0.25) is 0 Å². The zero-order valence-corrected chi connectivity index (χ0v) is 17.4. The Kier molecular flexibility index (Phi) is 7.23. The number of ketones is 1. The highest BCUT2D eigenvalue weighted by Gasteiger charge is 2.19. The average molecular weight is 400 g/mol. The molecule has 1 fully saturated rings. The molecule has 1 aliphatic heterocycles. The fourth-order valence-corrected chi connectivity index (χ4v) is 3.63. The van der Waals surface area contributed by atoms with Gasteiger partial charge in [-0.15, -0.1) is 0 Å². The van der Waals surface area contributed by atoms with Crippen molar-refractivity contribution in [2.75, 3.05) is 39.9 Å². The van der Waals surface area contributed by atoms with Gasteiger partial charge in [-0.1, -0.05) is 6.07 Å². The lowest BCUT2D eigenvalue weighted by molar-refractivity contribution is 0.101. The summed E-state index contributed by atoms with van der Waals surface area (Å²) in [6.45, 7) is 9.25. The molecule has 0 N–H and O–H groups in total. The number of piperazine rings is 1. The van der Waals surface area contributed by atoms with Gasteiger partial charge in [0, 0.05) is 50.4 Å². The van der Waals surface area contributed by atoms with Gasteiger partial charge >= 0.3 is 0 Å². The Morgan fingerprint density at radius 2 is 1.66 bits per heavy atom. The monoisotopic (exact) mass is 400 g/mol. The van der Waals surface area contributed by atoms with E-state index in [1.165, 1.54) is 7.11 Å². The van der Waals surface area contributed by atoms with Gasteiger partial charge in [-0.3, -0.25) is 14.6 Å². The fraction of sp³-hybridized carbons (Fsp3) is 0.435. The van der Waals surface area contributed by atoms with Crippen LogP contribution in [0.3, 0.4) is 0 Å². The molecule has 1 aliphatic rings. The molecule has 0 unspecified atom stereocenters. The Morgan fingerprint density at radius 1 is 1.00 bits per heavy atom. The highest BCUT2D eigenvalue weighted by atomic mass is 19.1. The van der Waals surface area contributed by atoms with Gasteiger partial charge in [-0.05, 0) is 49.7 Å². The smallest absolute Gasteiger partial charge is 0.165 e. The molecular formula is C23H29FN2O3. The van der Waals surface area contributed by atoms with Crippen molar-refractivity contribution in [1.29, 1.82) is 0 Å². The number of halogens is 1. The second-order valence-corrected chi connectivity index (χ2v) is 7.33. The highest BCUT2D eigenvalue weighted by Crippen LogP contribution is 2.24. The third kappa shape index (κ3) is 5.55. The summed E-state index contributed by atoms with van der Waals surface area (Å²) in [5, 5.41) is 0. The molecule has 0 spiro atoms. The number of carbonyl (C=O) groups is 1. The molecule has 0 radical (unpaired) electrons. The number of methoxy groups -OCH3 is 1. The first-order valence-corrected chi connectivity index (χ1v) is 10.0. The number of hydrogen-bond donors (Lipinski definition) is 0. The van der Waals surface area contributed by atoms with Crippen LogP contribution in [-0.2, 0) is 13.1 Å². The van der Waals surface area contributed by atoms with Gasteiger partial charge in [0.05, 0.1) is 13.7 Å². The largest absolute Gasteiger partial charge is 0.494 e. The molecule has 0 atom stereocenters. The summed E-state index contributed by atoms with van der Waals surface area (Å²) in [5.41, 5.74) is 2.71. The lowest BCUT2D eigenvalue weighted by atomic mass is 10.1. The third-order valence-corrected chi connectivity index (χ3v) is 5.25. The molecule has 6 heteroatoms. The number of benzene rings is 2. The van der Waals surface area contributed by atoms with Crippen molar-refractivity contribution in [3.63, 3.8) is 0 Å². The van der Waals surface area contributed by atoms with E-state index in [0.717, 1.165) is 56.1 Å². The molecule has 29 heavy (non-hydrogen) atoms. The predicted molar refractivity (Wildman–Crippen MR) is 111 cm³/mol. The van der Waals surface area contributed by atoms with E-state index in [4.69, 9.17) is 9.47 Å². The van der Waals surface area contributed by atoms with Gasteiger partial charge < -0.3 is 9.47 Å². The molecule has 2 aromatic carbocycles. The lowest BCUT2D eigenvalue weighted by Gasteiger charge is -2.35. The van der Waals surface area contributed by atoms with Crippen molar-refractivity contribution >= 4 is 5.78 Å². The maximum atomic E-state index is 13.9. The van der Waals surface area contributed by atoms with E-state index in [9.17, 15) is 9.18 Å². The van der Waals surface area contributed by atoms with Crippen LogP contribution in [0.25, 0.3) is 0 Å². The van der Waals surface area contributed by atoms with E-state index >= 15 is 0 Å². The SMILES string of the molecule is CCOc1ccc(C(C)=O)cc1CN1CCN(Cc2ccc(OC)c(F)c2)CC1. The van der Waals surface area contributed by atoms with E-state index in [2.05, 4.69) is 9.80 Å². The highest BCUT2D eigenvalue weighted by molar-refractivity contribution is 5.94. The molecule has 3 rings (SSSR count). The van der Waals surface area contributed by atoms with E-state index in [0.29, 0.717) is 12.2 Å². The Bertz CT molecular complexity index is 848. The van der Waals surface area contributed by atoms with Crippen LogP contribution >= 0.6 is 0 Å². The fourth-order valence-electron chi connectivity index (χ4n) is 3.63. The van der Waals surface area contributed by atoms with Crippen LogP contribution in [-0.4, -0.2) is 55.5 Å². The van der Waals surface area contributed by atoms with Gasteiger partial charge in [-0.2, -0.15) is 0 Å². The minimum Gasteiger partial charge on any atom is -0.494 e. The number of Topliss-reactive ketones (excluding diaryl/α,β-unsaturated/α-hetero) is 1. The van der Waals surface area contributed by atoms with Crippen LogP contribution in [0.2, 0.25) is 0 Å². The van der Waals surface area contributed by atoms with Crippen molar-refractivity contribution < 1.29 is 18.7 Å². The Balaban J connectivity index is 1.59. The maximum absolute atomic E-state index is 13.9. The van der Waals surface area contributed by atoms with Gasteiger partial charge in [0.15, 0.2) is 17.3 Å². The quantitative estimate of drug-likeness (QED) is 0.632. The zero-order chi connectivity index (χ0) is 20.8. The molecule has 1 saturated heterocycles. The summed E-state index contributed by atoms with van der Waals surface area (Å²) >= 11 is 0. The van der Waals surface area contributed by atoms with Gasteiger partial charge in [-0.25, -0.2) is 4.39 Å². The molecule has 156 valence electrons. The summed E-state index contributed by atoms with van der Waals surface area (Å²) in [7, 11) is 1.47. The number of rotatable bonds is 8. The van der Waals surface area contributed by atoms with Crippen molar-refractivity contribution in [3.8, 4) is 11.5 Å². The number of ether oxygens (including phenoxy) is 2. The first kappa shape index (κ1) is 21.3. The Labute approximate surface area is 172 Å². The maximum Gasteiger partial charge on any atom is 0.165 e. The molecule has 0 amide bonds. The summed E-state index contributed by atoms with van der Waals surface area (Å²) in [5.74, 6) is 0.855. The molecule has 0 aliphatic carbocycles. The standard InChI is InChI=1S/C23H29FN2O3/c1-4-29-22-8-6-19(17(2)27)14-20(22)16-26-11-9-25(10-12-26)15-18-5-7-23(28-3)21(24)13-18/h5-8,13-14H,4,9-12,15-16H2,1-3H3. The third-order valence-electron chi connectivity index (χ3n) is 5.25. The van der Waals surface area contributed by atoms with Crippen LogP contribution in [0.1, 0.15) is 35.3 Å². The number of hydrogen-bond acceptors (Lipinski definition) is 5. The van der Waals surface area contributed by atoms with E-state index < -0.39 is 0 Å². The molecule has 2 aromatic rings. The summed E-state index contributed by atoms with van der Waals surface area (Å²) in [6, 6.07) is 10.8. The van der Waals surface area contributed by atoms with Crippen molar-refractivity contribution in [2.45, 2.75) is 26.9 Å². The first-order valence-electron chi connectivity index (χ1n) is 10.0. The Morgan fingerprint density at radius 3 is 2.24 bits per heavy atom. The minimum absolute atomic E-state index is 0.0610. The second kappa shape index (κ2) is 9.85.